The van der Waals surface area contributed by atoms with E-state index in [0.29, 0.717) is 29.4 Å². The number of nitro groups is 2. The molecule has 8 amide bonds. The highest BCUT2D eigenvalue weighted by Crippen LogP contribution is 2.62. The number of methoxy groups -OCH3 is 2. The van der Waals surface area contributed by atoms with Crippen LogP contribution in [0, 0.1) is 20.2 Å². The van der Waals surface area contributed by atoms with Crippen molar-refractivity contribution in [1.82, 2.24) is 39.2 Å². The highest BCUT2D eigenvalue weighted by atomic mass is 16.6. The number of urea groups is 4. The summed E-state index contributed by atoms with van der Waals surface area (Å²) >= 11 is 0. The average molecular weight is 951 g/mol. The molecular formula is C40H42N10O18. The summed E-state index contributed by atoms with van der Waals surface area (Å²) in [4.78, 5) is 153. The number of carbonyl (C=O) groups excluding carboxylic acids is 8. The van der Waals surface area contributed by atoms with Gasteiger partial charge in [0, 0.05) is 23.3 Å². The summed E-state index contributed by atoms with van der Waals surface area (Å²) in [6.07, 6.45) is 0. The van der Waals surface area contributed by atoms with Crippen LogP contribution >= 0.6 is 0 Å². The molecule has 0 aromatic heterocycles. The monoisotopic (exact) mass is 950 g/mol. The molecule has 0 bridgehead atoms. The van der Waals surface area contributed by atoms with E-state index >= 15 is 38.4 Å². The summed E-state index contributed by atoms with van der Waals surface area (Å²) in [5.41, 5.74) is -14.1. The van der Waals surface area contributed by atoms with Crippen molar-refractivity contribution in [2.45, 2.75) is 76.5 Å². The first-order chi connectivity index (χ1) is 32.4. The van der Waals surface area contributed by atoms with E-state index in [1.165, 1.54) is 54.0 Å². The maximum Gasteiger partial charge on any atom is 0.359 e. The van der Waals surface area contributed by atoms with E-state index in [2.05, 4.69) is 0 Å². The molecule has 0 unspecified atom stereocenters. The number of hydrogen-bond acceptors (Lipinski definition) is 18. The maximum atomic E-state index is 15.8. The molecule has 0 N–H and O–H groups in total. The Bertz CT molecular complexity index is 2520. The number of carbonyl (C=O) groups is 8. The minimum atomic E-state index is -3.15. The van der Waals surface area contributed by atoms with Crippen molar-refractivity contribution in [3.05, 3.63) is 66.7 Å². The van der Waals surface area contributed by atoms with Crippen LogP contribution in [0.5, 0.6) is 11.5 Å². The van der Waals surface area contributed by atoms with E-state index < -0.39 is 158 Å². The van der Waals surface area contributed by atoms with Gasteiger partial charge in [-0.1, -0.05) is 0 Å². The van der Waals surface area contributed by atoms with Gasteiger partial charge in [0.05, 0.1) is 87.8 Å². The number of benzene rings is 2. The van der Waals surface area contributed by atoms with Gasteiger partial charge in [0.25, 0.3) is 34.0 Å². The fourth-order valence-electron chi connectivity index (χ4n) is 11.2. The molecule has 7 aliphatic heterocycles. The van der Waals surface area contributed by atoms with Crippen molar-refractivity contribution in [1.29, 1.82) is 0 Å². The molecule has 360 valence electrons. The van der Waals surface area contributed by atoms with Crippen molar-refractivity contribution in [2.75, 3.05) is 54.0 Å². The quantitative estimate of drug-likeness (QED) is 0.125. The Balaban J connectivity index is 1.40. The van der Waals surface area contributed by atoms with E-state index in [1.807, 2.05) is 0 Å². The van der Waals surface area contributed by atoms with Crippen LogP contribution in [0.2, 0.25) is 0 Å². The molecule has 9 rings (SSSR count). The van der Waals surface area contributed by atoms with Gasteiger partial charge < -0.3 is 28.4 Å². The average Bonchev–Trinajstić information content (AvgIpc) is 3.67. The summed E-state index contributed by atoms with van der Waals surface area (Å²) in [6.45, 7) is -2.34. The molecule has 4 atom stereocenters. The number of nitro benzene ring substituents is 2. The van der Waals surface area contributed by atoms with Gasteiger partial charge >= 0.3 is 48.0 Å². The molecule has 28 nitrogen and oxygen atoms in total. The lowest BCUT2D eigenvalue weighted by atomic mass is 9.88. The second kappa shape index (κ2) is 15.2. The van der Waals surface area contributed by atoms with Crippen LogP contribution in [0.1, 0.15) is 49.9 Å². The number of esters is 4. The van der Waals surface area contributed by atoms with Crippen LogP contribution in [0.15, 0.2) is 24.3 Å². The van der Waals surface area contributed by atoms with Gasteiger partial charge in [0.15, 0.2) is 0 Å². The lowest BCUT2D eigenvalue weighted by Gasteiger charge is -2.51. The van der Waals surface area contributed by atoms with E-state index in [1.54, 1.807) is 0 Å². The Kier molecular flexibility index (Phi) is 10.0. The lowest BCUT2D eigenvalue weighted by molar-refractivity contribution is -0.385. The van der Waals surface area contributed by atoms with Crippen molar-refractivity contribution < 1.29 is 76.6 Å². The number of hydrogen-bond donors (Lipinski definition) is 0. The topological polar surface area (TPSA) is 304 Å². The number of fused-ring (bicyclic) bond motifs is 2. The summed E-state index contributed by atoms with van der Waals surface area (Å²) < 4.78 is 33.7. The maximum absolute atomic E-state index is 15.8. The number of ether oxygens (including phenoxy) is 6. The summed E-state index contributed by atoms with van der Waals surface area (Å²) in [5.74, 6) is -5.90. The molecule has 5 saturated heterocycles. The predicted octanol–water partition coefficient (Wildman–Crippen LogP) is 1.16. The highest BCUT2D eigenvalue weighted by Gasteiger charge is 2.93. The largest absolute Gasteiger partial charge is 0.496 e. The molecule has 0 aliphatic carbocycles. The van der Waals surface area contributed by atoms with Crippen LogP contribution in [-0.4, -0.2) is 174 Å². The zero-order valence-electron chi connectivity index (χ0n) is 37.2. The van der Waals surface area contributed by atoms with E-state index in [4.69, 9.17) is 28.4 Å². The second-order valence-electron chi connectivity index (χ2n) is 16.0. The molecule has 0 saturated carbocycles. The van der Waals surface area contributed by atoms with E-state index in [9.17, 15) is 20.2 Å². The molecule has 7 heterocycles. The summed E-state index contributed by atoms with van der Waals surface area (Å²) in [7, 11) is 2.46. The first kappa shape index (κ1) is 45.0. The Morgan fingerprint density at radius 3 is 0.956 bits per heavy atom. The minimum Gasteiger partial charge on any atom is -0.496 e. The number of rotatable bonds is 12. The van der Waals surface area contributed by atoms with Gasteiger partial charge in [-0.3, -0.25) is 59.4 Å². The lowest BCUT2D eigenvalue weighted by Crippen LogP contribution is -2.81. The summed E-state index contributed by atoms with van der Waals surface area (Å²) in [5, 5.41) is 25.3. The normalized spacial score (nSPS) is 26.0. The van der Waals surface area contributed by atoms with Crippen LogP contribution in [0.4, 0.5) is 30.6 Å². The van der Waals surface area contributed by atoms with Crippen LogP contribution < -0.4 is 9.47 Å². The third-order valence-corrected chi connectivity index (χ3v) is 13.6. The molecule has 7 aliphatic rings. The molecule has 0 radical (unpaired) electrons. The van der Waals surface area contributed by atoms with Crippen molar-refractivity contribution in [3.63, 3.8) is 0 Å². The zero-order valence-corrected chi connectivity index (χ0v) is 37.2. The number of amides is 8. The van der Waals surface area contributed by atoms with Gasteiger partial charge in [0.2, 0.25) is 0 Å². The van der Waals surface area contributed by atoms with Crippen molar-refractivity contribution in [3.8, 4) is 11.5 Å². The predicted molar refractivity (Wildman–Crippen MR) is 218 cm³/mol. The van der Waals surface area contributed by atoms with Gasteiger partial charge in [0.1, 0.15) is 24.8 Å². The third-order valence-electron chi connectivity index (χ3n) is 13.6. The number of nitrogens with zero attached hydrogens (tertiary/aromatic N) is 10. The van der Waals surface area contributed by atoms with Gasteiger partial charge in [-0.25, -0.2) is 38.4 Å². The SMILES string of the molecule is CCOC(=O)[C@@]12N3CN4C(=O)N5Cc6c(OC)ccc([N+](=O)[O-])c6CN6C(=O)N(CN1C(=O)N1Cc7c([N+](=O)[O-])ccc(OC)c7CN(C3=O)[C@@]12C(=O)OCC)[C@@]4(C(=O)OCC)[C@]56C(=O)OCC. The van der Waals surface area contributed by atoms with Crippen LogP contribution in [0.25, 0.3) is 0 Å². The fourth-order valence-corrected chi connectivity index (χ4v) is 11.2. The molecule has 5 fully saturated rings. The molecule has 68 heavy (non-hydrogen) atoms. The molecule has 0 spiro atoms. The van der Waals surface area contributed by atoms with Crippen molar-refractivity contribution >= 4 is 59.4 Å². The highest BCUT2D eigenvalue weighted by molar-refractivity contribution is 6.13. The Morgan fingerprint density at radius 1 is 0.471 bits per heavy atom. The Hall–Kier alpha value is -8.20. The first-order valence-electron chi connectivity index (χ1n) is 21.2. The van der Waals surface area contributed by atoms with E-state index in [0.717, 1.165) is 21.9 Å². The molecule has 2 aromatic rings. The summed E-state index contributed by atoms with van der Waals surface area (Å²) in [6, 6.07) is -0.733. The third kappa shape index (κ3) is 4.86. The van der Waals surface area contributed by atoms with Gasteiger partial charge in [-0.2, -0.15) is 0 Å². The van der Waals surface area contributed by atoms with Crippen LogP contribution in [-0.2, 0) is 64.3 Å². The molecular weight excluding hydrogens is 908 g/mol. The molecule has 28 heteroatoms. The molecule has 2 aromatic carbocycles. The van der Waals surface area contributed by atoms with Gasteiger partial charge in [-0.15, -0.1) is 0 Å². The van der Waals surface area contributed by atoms with Crippen molar-refractivity contribution in [2.24, 2.45) is 0 Å². The zero-order chi connectivity index (χ0) is 49.2. The second-order valence-corrected chi connectivity index (χ2v) is 16.0. The van der Waals surface area contributed by atoms with Gasteiger partial charge in [-0.05, 0) is 39.8 Å². The standard InChI is InChI=1S/C40H42N10O18/c1-7-65-29(51)37-39(31(53)67-9-3)45-19-46-34(56)42-16-22-24(28(64-6)14-12-26(22)50(61)62)18-44-36(58)48(40(46,32(54)68-10-4)38(42,44)30(52)66-8-2)20-47(39)35(57)43(37)17-23-21(15-41(37)33(45)55)25(49(59)60)11-13-27(23)63-5/h11-14H,7-10,15-20H2,1-6H3/t37-,38+,39+,40-. The first-order valence-corrected chi connectivity index (χ1v) is 21.2. The Morgan fingerprint density at radius 2 is 0.721 bits per heavy atom. The van der Waals surface area contributed by atoms with Crippen LogP contribution in [0.3, 0.4) is 0 Å². The minimum absolute atomic E-state index is 0.0324. The fraction of sp³-hybridized carbons (Fsp3) is 0.500. The smallest absolute Gasteiger partial charge is 0.359 e. The Labute approximate surface area is 383 Å². The van der Waals surface area contributed by atoms with E-state index in [-0.39, 0.29) is 33.8 Å².